The van der Waals surface area contributed by atoms with Crippen LogP contribution in [-0.2, 0) is 4.79 Å². The van der Waals surface area contributed by atoms with Crippen LogP contribution >= 0.6 is 0 Å². The van der Waals surface area contributed by atoms with Crippen molar-refractivity contribution in [1.29, 1.82) is 0 Å². The van der Waals surface area contributed by atoms with Crippen LogP contribution in [0.2, 0.25) is 0 Å². The third-order valence-electron chi connectivity index (χ3n) is 3.95. The number of rotatable bonds is 2. The smallest absolute Gasteiger partial charge is 0.239 e. The second-order valence-electron chi connectivity index (χ2n) is 5.06. The van der Waals surface area contributed by atoms with Crippen LogP contribution in [0.1, 0.15) is 25.7 Å². The Kier molecular flexibility index (Phi) is 3.79. The second-order valence-corrected chi connectivity index (χ2v) is 5.06. The number of likely N-dealkylation sites (N-methyl/N-ethyl adjacent to an activating group) is 1. The first kappa shape index (κ1) is 11.8. The standard InChI is InChI=1S/C12H21FN2O/c1-14-6-2-3-11(14)12(16)15-7-4-10(9-13)5-8-15/h10-11H,2-9H2,1H3/t11-/m1/s1. The van der Waals surface area contributed by atoms with E-state index in [1.807, 2.05) is 11.9 Å². The number of halogens is 1. The third kappa shape index (κ3) is 2.37. The van der Waals surface area contributed by atoms with E-state index >= 15 is 0 Å². The van der Waals surface area contributed by atoms with E-state index in [-0.39, 0.29) is 24.5 Å². The fraction of sp³-hybridized carbons (Fsp3) is 0.917. The van der Waals surface area contributed by atoms with E-state index in [9.17, 15) is 9.18 Å². The Balaban J connectivity index is 1.86. The van der Waals surface area contributed by atoms with Gasteiger partial charge in [-0.3, -0.25) is 14.1 Å². The Labute approximate surface area is 96.6 Å². The zero-order valence-corrected chi connectivity index (χ0v) is 9.99. The molecule has 0 spiro atoms. The average molecular weight is 228 g/mol. The van der Waals surface area contributed by atoms with Gasteiger partial charge in [0, 0.05) is 13.1 Å². The normalized spacial score (nSPS) is 28.6. The van der Waals surface area contributed by atoms with Gasteiger partial charge in [-0.1, -0.05) is 0 Å². The van der Waals surface area contributed by atoms with Crippen molar-refractivity contribution in [1.82, 2.24) is 9.80 Å². The Morgan fingerprint density at radius 1 is 1.25 bits per heavy atom. The number of amides is 1. The summed E-state index contributed by atoms with van der Waals surface area (Å²) in [4.78, 5) is 16.3. The van der Waals surface area contributed by atoms with Crippen molar-refractivity contribution in [3.8, 4) is 0 Å². The number of nitrogens with zero attached hydrogens (tertiary/aromatic N) is 2. The Morgan fingerprint density at radius 2 is 1.94 bits per heavy atom. The van der Waals surface area contributed by atoms with E-state index in [1.165, 1.54) is 0 Å². The molecule has 2 aliphatic rings. The van der Waals surface area contributed by atoms with Crippen LogP contribution in [0, 0.1) is 5.92 Å². The number of hydrogen-bond donors (Lipinski definition) is 0. The third-order valence-corrected chi connectivity index (χ3v) is 3.95. The highest BCUT2D eigenvalue weighted by Gasteiger charge is 2.32. The van der Waals surface area contributed by atoms with Gasteiger partial charge in [0.1, 0.15) is 0 Å². The van der Waals surface area contributed by atoms with Crippen LogP contribution in [-0.4, -0.2) is 55.1 Å². The molecule has 0 unspecified atom stereocenters. The quantitative estimate of drug-likeness (QED) is 0.711. The summed E-state index contributed by atoms with van der Waals surface area (Å²) in [6, 6.07) is 0.0851. The molecule has 0 aromatic carbocycles. The maximum absolute atomic E-state index is 12.5. The lowest BCUT2D eigenvalue weighted by Crippen LogP contribution is -2.47. The molecule has 1 atom stereocenters. The summed E-state index contributed by atoms with van der Waals surface area (Å²) in [6.07, 6.45) is 3.77. The maximum atomic E-state index is 12.5. The summed E-state index contributed by atoms with van der Waals surface area (Å²) in [5.74, 6) is 0.447. The van der Waals surface area contributed by atoms with E-state index in [0.717, 1.165) is 45.3 Å². The lowest BCUT2D eigenvalue weighted by molar-refractivity contribution is -0.137. The Hall–Kier alpha value is -0.640. The number of carbonyl (C=O) groups is 1. The van der Waals surface area contributed by atoms with Crippen LogP contribution in [0.5, 0.6) is 0 Å². The van der Waals surface area contributed by atoms with Crippen molar-refractivity contribution < 1.29 is 9.18 Å². The van der Waals surface area contributed by atoms with Gasteiger partial charge in [0.25, 0.3) is 0 Å². The van der Waals surface area contributed by atoms with Gasteiger partial charge in [0.15, 0.2) is 0 Å². The zero-order chi connectivity index (χ0) is 11.5. The number of hydrogen-bond acceptors (Lipinski definition) is 2. The molecule has 0 saturated carbocycles. The molecule has 0 aromatic rings. The largest absolute Gasteiger partial charge is 0.341 e. The molecule has 2 heterocycles. The lowest BCUT2D eigenvalue weighted by Gasteiger charge is -2.34. The van der Waals surface area contributed by atoms with Crippen molar-refractivity contribution in [2.75, 3.05) is 33.4 Å². The first-order valence-electron chi connectivity index (χ1n) is 6.27. The number of piperidine rings is 1. The maximum Gasteiger partial charge on any atom is 0.239 e. The van der Waals surface area contributed by atoms with E-state index in [1.54, 1.807) is 0 Å². The zero-order valence-electron chi connectivity index (χ0n) is 9.99. The van der Waals surface area contributed by atoms with Gasteiger partial charge in [-0.15, -0.1) is 0 Å². The highest BCUT2D eigenvalue weighted by Crippen LogP contribution is 2.22. The van der Waals surface area contributed by atoms with Crippen LogP contribution in [0.3, 0.4) is 0 Å². The first-order valence-corrected chi connectivity index (χ1v) is 6.27. The van der Waals surface area contributed by atoms with E-state index in [4.69, 9.17) is 0 Å². The highest BCUT2D eigenvalue weighted by molar-refractivity contribution is 5.82. The molecule has 2 fully saturated rings. The molecular weight excluding hydrogens is 207 g/mol. The van der Waals surface area contributed by atoms with E-state index < -0.39 is 0 Å². The number of likely N-dealkylation sites (tertiary alicyclic amines) is 2. The molecule has 0 bridgehead atoms. The molecule has 0 aliphatic carbocycles. The number of carbonyl (C=O) groups excluding carboxylic acids is 1. The monoisotopic (exact) mass is 228 g/mol. The Morgan fingerprint density at radius 3 is 2.44 bits per heavy atom. The van der Waals surface area contributed by atoms with Gasteiger partial charge in [-0.25, -0.2) is 0 Å². The van der Waals surface area contributed by atoms with Crippen molar-refractivity contribution in [2.24, 2.45) is 5.92 Å². The summed E-state index contributed by atoms with van der Waals surface area (Å²) in [5, 5.41) is 0. The van der Waals surface area contributed by atoms with Crippen molar-refractivity contribution in [3.63, 3.8) is 0 Å². The van der Waals surface area contributed by atoms with Crippen LogP contribution in [0.15, 0.2) is 0 Å². The van der Waals surface area contributed by atoms with E-state index in [0.29, 0.717) is 0 Å². The van der Waals surface area contributed by atoms with Crippen LogP contribution in [0.4, 0.5) is 4.39 Å². The average Bonchev–Trinajstić information content (AvgIpc) is 2.75. The van der Waals surface area contributed by atoms with Crippen LogP contribution < -0.4 is 0 Å². The van der Waals surface area contributed by atoms with Crippen molar-refractivity contribution in [3.05, 3.63) is 0 Å². The molecule has 4 heteroatoms. The molecule has 2 rings (SSSR count). The van der Waals surface area contributed by atoms with Gasteiger partial charge < -0.3 is 4.90 Å². The van der Waals surface area contributed by atoms with Crippen molar-refractivity contribution >= 4 is 5.91 Å². The van der Waals surface area contributed by atoms with Gasteiger partial charge in [-0.2, -0.15) is 0 Å². The summed E-state index contributed by atoms with van der Waals surface area (Å²) in [7, 11) is 2.02. The minimum Gasteiger partial charge on any atom is -0.341 e. The van der Waals surface area contributed by atoms with Gasteiger partial charge in [0.2, 0.25) is 5.91 Å². The SMILES string of the molecule is CN1CCC[C@@H]1C(=O)N1CCC(CF)CC1. The van der Waals surface area contributed by atoms with Gasteiger partial charge >= 0.3 is 0 Å². The summed E-state index contributed by atoms with van der Waals surface area (Å²) in [5.41, 5.74) is 0. The summed E-state index contributed by atoms with van der Waals surface area (Å²) < 4.78 is 12.5. The van der Waals surface area contributed by atoms with E-state index in [2.05, 4.69) is 4.90 Å². The summed E-state index contributed by atoms with van der Waals surface area (Å²) in [6.45, 7) is 2.29. The lowest BCUT2D eigenvalue weighted by atomic mass is 9.97. The molecule has 2 saturated heterocycles. The fourth-order valence-electron chi connectivity index (χ4n) is 2.74. The number of alkyl halides is 1. The molecule has 3 nitrogen and oxygen atoms in total. The molecule has 0 N–H and O–H groups in total. The van der Waals surface area contributed by atoms with Gasteiger partial charge in [0.05, 0.1) is 12.7 Å². The molecule has 0 radical (unpaired) electrons. The first-order chi connectivity index (χ1) is 7.72. The highest BCUT2D eigenvalue weighted by atomic mass is 19.1. The minimum absolute atomic E-state index is 0.0851. The fourth-order valence-corrected chi connectivity index (χ4v) is 2.74. The molecule has 92 valence electrons. The second kappa shape index (κ2) is 5.13. The minimum atomic E-state index is -0.231. The van der Waals surface area contributed by atoms with Gasteiger partial charge in [-0.05, 0) is 45.2 Å². The van der Waals surface area contributed by atoms with Crippen molar-refractivity contribution in [2.45, 2.75) is 31.7 Å². The molecule has 2 aliphatic heterocycles. The van der Waals surface area contributed by atoms with Crippen LogP contribution in [0.25, 0.3) is 0 Å². The predicted molar refractivity (Wildman–Crippen MR) is 60.9 cm³/mol. The molecule has 16 heavy (non-hydrogen) atoms. The Bertz CT molecular complexity index is 251. The molecule has 0 aromatic heterocycles. The predicted octanol–water partition coefficient (Wildman–Crippen LogP) is 1.29. The topological polar surface area (TPSA) is 23.6 Å². The summed E-state index contributed by atoms with van der Waals surface area (Å²) >= 11 is 0. The molecular formula is C12H21FN2O. The molecule has 1 amide bonds.